The van der Waals surface area contributed by atoms with Crippen LogP contribution in [0.5, 0.6) is 0 Å². The first-order valence-corrected chi connectivity index (χ1v) is 9.20. The summed E-state index contributed by atoms with van der Waals surface area (Å²) in [5, 5.41) is 0. The average molecular weight is 395 g/mol. The van der Waals surface area contributed by atoms with Crippen molar-refractivity contribution >= 4 is 5.91 Å². The molecule has 1 aliphatic rings. The number of amides is 1. The van der Waals surface area contributed by atoms with E-state index < -0.39 is 28.9 Å². The van der Waals surface area contributed by atoms with Crippen molar-refractivity contribution < 1.29 is 22.7 Å². The number of benzene rings is 1. The van der Waals surface area contributed by atoms with E-state index in [0.717, 1.165) is 18.5 Å². The van der Waals surface area contributed by atoms with Gasteiger partial charge in [0.05, 0.1) is 18.2 Å². The van der Waals surface area contributed by atoms with Crippen LogP contribution in [0.1, 0.15) is 49.7 Å². The molecule has 1 aromatic heterocycles. The predicted octanol–water partition coefficient (Wildman–Crippen LogP) is 3.46. The zero-order valence-electron chi connectivity index (χ0n) is 16.4. The summed E-state index contributed by atoms with van der Waals surface area (Å²) in [4.78, 5) is 16.5. The molecule has 0 unspecified atom stereocenters. The maximum atomic E-state index is 14.0. The van der Waals surface area contributed by atoms with Crippen molar-refractivity contribution in [3.05, 3.63) is 52.4 Å². The molecule has 2 aromatic rings. The smallest absolute Gasteiger partial charge is 0.282 e. The van der Waals surface area contributed by atoms with Gasteiger partial charge in [0.25, 0.3) is 5.91 Å². The fourth-order valence-corrected chi connectivity index (χ4v) is 3.44. The van der Waals surface area contributed by atoms with Crippen LogP contribution in [0, 0.1) is 17.5 Å². The third-order valence-electron chi connectivity index (χ3n) is 4.85. The van der Waals surface area contributed by atoms with Crippen LogP contribution in [0.2, 0.25) is 0 Å². The first-order valence-electron chi connectivity index (χ1n) is 9.20. The zero-order chi connectivity index (χ0) is 20.6. The molecular formula is C20H24F3N3O2. The highest BCUT2D eigenvalue weighted by molar-refractivity contribution is 5.95. The van der Waals surface area contributed by atoms with Gasteiger partial charge in [0, 0.05) is 36.9 Å². The summed E-state index contributed by atoms with van der Waals surface area (Å²) < 4.78 is 50.3. The fraction of sp³-hybridized carbons (Fsp3) is 0.500. The van der Waals surface area contributed by atoms with Crippen LogP contribution in [0.4, 0.5) is 13.2 Å². The normalized spacial score (nSPS) is 18.1. The molecule has 0 N–H and O–H groups in total. The van der Waals surface area contributed by atoms with Gasteiger partial charge in [-0.1, -0.05) is 20.8 Å². The lowest BCUT2D eigenvalue weighted by Gasteiger charge is -2.21. The van der Waals surface area contributed by atoms with E-state index in [-0.39, 0.29) is 17.0 Å². The lowest BCUT2D eigenvalue weighted by atomic mass is 9.92. The molecule has 28 heavy (non-hydrogen) atoms. The van der Waals surface area contributed by atoms with Gasteiger partial charge in [-0.05, 0) is 18.9 Å². The molecule has 1 aliphatic heterocycles. The fourth-order valence-electron chi connectivity index (χ4n) is 3.44. The lowest BCUT2D eigenvalue weighted by molar-refractivity contribution is 0.0885. The largest absolute Gasteiger partial charge is 0.376 e. The predicted molar refractivity (Wildman–Crippen MR) is 97.3 cm³/mol. The topological polar surface area (TPSA) is 48.5 Å². The Kier molecular flexibility index (Phi) is 5.52. The van der Waals surface area contributed by atoms with Crippen molar-refractivity contribution in [3.63, 3.8) is 0 Å². The number of carbonyl (C=O) groups excluding carboxylic acids is 1. The van der Waals surface area contributed by atoms with Gasteiger partial charge in [0.2, 0.25) is 0 Å². The molecule has 1 saturated heterocycles. The van der Waals surface area contributed by atoms with Crippen LogP contribution in [0.3, 0.4) is 0 Å². The molecule has 8 heteroatoms. The third-order valence-corrected chi connectivity index (χ3v) is 4.85. The van der Waals surface area contributed by atoms with E-state index >= 15 is 0 Å². The molecule has 1 aromatic carbocycles. The van der Waals surface area contributed by atoms with Gasteiger partial charge < -0.3 is 4.74 Å². The van der Waals surface area contributed by atoms with Crippen molar-refractivity contribution in [1.82, 2.24) is 9.36 Å². The first-order chi connectivity index (χ1) is 13.1. The van der Waals surface area contributed by atoms with E-state index in [9.17, 15) is 18.0 Å². The van der Waals surface area contributed by atoms with Crippen molar-refractivity contribution in [2.75, 3.05) is 6.61 Å². The van der Waals surface area contributed by atoms with Crippen molar-refractivity contribution in [1.29, 1.82) is 0 Å². The first kappa shape index (κ1) is 20.4. The van der Waals surface area contributed by atoms with Crippen LogP contribution in [0.25, 0.3) is 0 Å². The van der Waals surface area contributed by atoms with Crippen molar-refractivity contribution in [3.8, 4) is 0 Å². The molecule has 1 atom stereocenters. The highest BCUT2D eigenvalue weighted by atomic mass is 19.2. The summed E-state index contributed by atoms with van der Waals surface area (Å²) in [5.74, 6) is -4.90. The van der Waals surface area contributed by atoms with Crippen molar-refractivity contribution in [2.45, 2.75) is 51.7 Å². The quantitative estimate of drug-likeness (QED) is 0.748. The lowest BCUT2D eigenvalue weighted by Crippen LogP contribution is -2.30. The highest BCUT2D eigenvalue weighted by Crippen LogP contribution is 2.22. The van der Waals surface area contributed by atoms with E-state index in [4.69, 9.17) is 4.74 Å². The number of nitrogens with zero attached hydrogens (tertiary/aromatic N) is 3. The number of hydrogen-bond donors (Lipinski definition) is 0. The minimum absolute atomic E-state index is 0.0150. The molecule has 1 fully saturated rings. The Balaban J connectivity index is 2.10. The zero-order valence-corrected chi connectivity index (χ0v) is 16.4. The standard InChI is InChI=1S/C20H24F3N3O2/c1-20(2,3)16-10-17(26(25(16)4)11-13-6-5-7-28-13)24-19(27)14-8-12(21)9-15(22)18(14)23/h8-10,13H,5-7,11H2,1-4H3/t13-/m1/s1. The minimum Gasteiger partial charge on any atom is -0.376 e. The van der Waals surface area contributed by atoms with E-state index in [2.05, 4.69) is 4.99 Å². The monoisotopic (exact) mass is 395 g/mol. The Bertz CT molecular complexity index is 964. The molecule has 5 nitrogen and oxygen atoms in total. The third kappa shape index (κ3) is 4.06. The van der Waals surface area contributed by atoms with E-state index in [1.807, 2.05) is 32.5 Å². The maximum Gasteiger partial charge on any atom is 0.282 e. The Morgan fingerprint density at radius 2 is 1.96 bits per heavy atom. The number of ether oxygens (including phenoxy) is 1. The molecule has 1 amide bonds. The number of hydrogen-bond acceptors (Lipinski definition) is 2. The molecule has 2 heterocycles. The van der Waals surface area contributed by atoms with Crippen LogP contribution < -0.4 is 5.49 Å². The molecule has 152 valence electrons. The van der Waals surface area contributed by atoms with Gasteiger partial charge >= 0.3 is 0 Å². The number of rotatable bonds is 3. The molecule has 0 spiro atoms. The summed E-state index contributed by atoms with van der Waals surface area (Å²) in [5.41, 5.74) is 0.224. The van der Waals surface area contributed by atoms with Gasteiger partial charge in [0.15, 0.2) is 17.1 Å². The summed E-state index contributed by atoms with van der Waals surface area (Å²) in [6.07, 6.45) is 1.83. The maximum absolute atomic E-state index is 14.0. The van der Waals surface area contributed by atoms with Gasteiger partial charge in [-0.2, -0.15) is 4.99 Å². The van der Waals surface area contributed by atoms with Crippen LogP contribution in [0.15, 0.2) is 23.2 Å². The second-order valence-corrected chi connectivity index (χ2v) is 8.04. The molecule has 0 bridgehead atoms. The van der Waals surface area contributed by atoms with E-state index in [1.165, 1.54) is 0 Å². The summed E-state index contributed by atoms with van der Waals surface area (Å²) >= 11 is 0. The second kappa shape index (κ2) is 7.58. The molecule has 0 radical (unpaired) electrons. The Hall–Kier alpha value is -2.35. The van der Waals surface area contributed by atoms with Crippen LogP contribution in [-0.4, -0.2) is 28.0 Å². The number of carbonyl (C=O) groups is 1. The van der Waals surface area contributed by atoms with Crippen LogP contribution >= 0.6 is 0 Å². The molecular weight excluding hydrogens is 371 g/mol. The Morgan fingerprint density at radius 1 is 1.25 bits per heavy atom. The van der Waals surface area contributed by atoms with Gasteiger partial charge in [-0.3, -0.25) is 14.2 Å². The van der Waals surface area contributed by atoms with E-state index in [1.54, 1.807) is 10.7 Å². The number of halogens is 3. The molecule has 3 rings (SSSR count). The van der Waals surface area contributed by atoms with Crippen LogP contribution in [-0.2, 0) is 23.7 Å². The SMILES string of the molecule is Cn1c(C(C)(C)C)cc(=NC(=O)c2cc(F)cc(F)c2F)n1C[C@H]1CCCO1. The molecule has 0 aliphatic carbocycles. The van der Waals surface area contributed by atoms with Crippen molar-refractivity contribution in [2.24, 2.45) is 12.0 Å². The number of aromatic nitrogens is 2. The molecule has 0 saturated carbocycles. The summed E-state index contributed by atoms with van der Waals surface area (Å²) in [7, 11) is 1.85. The van der Waals surface area contributed by atoms with Gasteiger partial charge in [-0.15, -0.1) is 0 Å². The summed E-state index contributed by atoms with van der Waals surface area (Å²) in [6.45, 7) is 7.21. The highest BCUT2D eigenvalue weighted by Gasteiger charge is 2.24. The minimum atomic E-state index is -1.42. The van der Waals surface area contributed by atoms with Gasteiger partial charge in [0.1, 0.15) is 5.82 Å². The second-order valence-electron chi connectivity index (χ2n) is 8.04. The average Bonchev–Trinajstić information content (AvgIpc) is 3.21. The Morgan fingerprint density at radius 3 is 2.57 bits per heavy atom. The Labute approximate surface area is 161 Å². The van der Waals surface area contributed by atoms with Gasteiger partial charge in [-0.25, -0.2) is 13.2 Å². The summed E-state index contributed by atoms with van der Waals surface area (Å²) in [6, 6.07) is 2.78. The van der Waals surface area contributed by atoms with E-state index in [0.29, 0.717) is 25.3 Å².